The van der Waals surface area contributed by atoms with E-state index in [1.165, 1.54) is 0 Å². The number of hydrogen-bond donors (Lipinski definition) is 2. The minimum absolute atomic E-state index is 0.603. The second kappa shape index (κ2) is 4.49. The molecule has 86 valence electrons. The van der Waals surface area contributed by atoms with Gasteiger partial charge >= 0.3 is 0 Å². The largest absolute Gasteiger partial charge is 0.369 e. The quantitative estimate of drug-likeness (QED) is 0.804. The molecule has 0 fully saturated rings. The number of nitrogens with two attached hydrogens (primary N) is 1. The molecule has 0 saturated heterocycles. The Bertz CT molecular complexity index is 488. The first-order chi connectivity index (χ1) is 7.74. The minimum Gasteiger partial charge on any atom is -0.369 e. The van der Waals surface area contributed by atoms with Crippen LogP contribution in [0.3, 0.4) is 0 Å². The van der Waals surface area contributed by atoms with Gasteiger partial charge in [0.1, 0.15) is 5.82 Å². The van der Waals surface area contributed by atoms with Gasteiger partial charge in [-0.25, -0.2) is 4.98 Å². The standard InChI is InChI=1S/C11H17N5/c1-3-9-7-10(13-5-4-12)16-11(14-9)6-8(2)15-16/h6-7,13H,3-5,12H2,1-2H3. The first kappa shape index (κ1) is 10.9. The van der Waals surface area contributed by atoms with Gasteiger partial charge < -0.3 is 11.1 Å². The molecule has 0 radical (unpaired) electrons. The second-order valence-electron chi connectivity index (χ2n) is 3.76. The van der Waals surface area contributed by atoms with Crippen molar-refractivity contribution >= 4 is 11.5 Å². The van der Waals surface area contributed by atoms with Gasteiger partial charge in [-0.3, -0.25) is 0 Å². The Hall–Kier alpha value is -1.62. The van der Waals surface area contributed by atoms with E-state index in [4.69, 9.17) is 5.73 Å². The fraction of sp³-hybridized carbons (Fsp3) is 0.455. The van der Waals surface area contributed by atoms with E-state index in [2.05, 4.69) is 22.3 Å². The van der Waals surface area contributed by atoms with Crippen LogP contribution in [0.15, 0.2) is 12.1 Å². The third-order valence-electron chi connectivity index (χ3n) is 2.42. The Morgan fingerprint density at radius 3 is 2.94 bits per heavy atom. The monoisotopic (exact) mass is 219 g/mol. The number of rotatable bonds is 4. The van der Waals surface area contributed by atoms with Crippen molar-refractivity contribution in [2.75, 3.05) is 18.4 Å². The van der Waals surface area contributed by atoms with Crippen LogP contribution in [0.2, 0.25) is 0 Å². The molecule has 0 atom stereocenters. The number of hydrogen-bond acceptors (Lipinski definition) is 4. The highest BCUT2D eigenvalue weighted by atomic mass is 15.3. The molecule has 0 spiro atoms. The fourth-order valence-corrected chi connectivity index (χ4v) is 1.65. The summed E-state index contributed by atoms with van der Waals surface area (Å²) >= 11 is 0. The summed E-state index contributed by atoms with van der Waals surface area (Å²) in [4.78, 5) is 4.51. The molecule has 0 saturated carbocycles. The zero-order valence-electron chi connectivity index (χ0n) is 9.70. The Kier molecular flexibility index (Phi) is 3.05. The van der Waals surface area contributed by atoms with E-state index in [1.807, 2.05) is 23.6 Å². The van der Waals surface area contributed by atoms with E-state index < -0.39 is 0 Å². The van der Waals surface area contributed by atoms with Crippen molar-refractivity contribution in [1.82, 2.24) is 14.6 Å². The number of nitrogens with zero attached hydrogens (tertiary/aromatic N) is 3. The van der Waals surface area contributed by atoms with E-state index in [1.54, 1.807) is 0 Å². The molecule has 0 bridgehead atoms. The minimum atomic E-state index is 0.603. The highest BCUT2D eigenvalue weighted by Crippen LogP contribution is 2.14. The third-order valence-corrected chi connectivity index (χ3v) is 2.42. The van der Waals surface area contributed by atoms with Gasteiger partial charge in [0, 0.05) is 30.9 Å². The molecule has 0 aliphatic heterocycles. The van der Waals surface area contributed by atoms with E-state index >= 15 is 0 Å². The van der Waals surface area contributed by atoms with Gasteiger partial charge in [-0.15, -0.1) is 0 Å². The van der Waals surface area contributed by atoms with Crippen LogP contribution >= 0.6 is 0 Å². The summed E-state index contributed by atoms with van der Waals surface area (Å²) in [5, 5.41) is 7.65. The summed E-state index contributed by atoms with van der Waals surface area (Å²) in [5.41, 5.74) is 8.40. The molecule has 0 aromatic carbocycles. The topological polar surface area (TPSA) is 68.2 Å². The van der Waals surface area contributed by atoms with Gasteiger partial charge in [0.25, 0.3) is 0 Å². The van der Waals surface area contributed by atoms with Crippen molar-refractivity contribution in [3.8, 4) is 0 Å². The third kappa shape index (κ3) is 1.99. The second-order valence-corrected chi connectivity index (χ2v) is 3.76. The van der Waals surface area contributed by atoms with Crippen LogP contribution < -0.4 is 11.1 Å². The molecule has 2 rings (SSSR count). The van der Waals surface area contributed by atoms with Crippen molar-refractivity contribution in [3.05, 3.63) is 23.5 Å². The number of aromatic nitrogens is 3. The van der Waals surface area contributed by atoms with Crippen molar-refractivity contribution in [1.29, 1.82) is 0 Å². The van der Waals surface area contributed by atoms with Gasteiger partial charge in [-0.05, 0) is 13.3 Å². The van der Waals surface area contributed by atoms with Crippen molar-refractivity contribution in [3.63, 3.8) is 0 Å². The van der Waals surface area contributed by atoms with Crippen LogP contribution in [0.1, 0.15) is 18.3 Å². The van der Waals surface area contributed by atoms with Crippen LogP contribution in [-0.2, 0) is 6.42 Å². The van der Waals surface area contributed by atoms with E-state index in [9.17, 15) is 0 Å². The SMILES string of the molecule is CCc1cc(NCCN)n2nc(C)cc2n1. The lowest BCUT2D eigenvalue weighted by molar-refractivity contribution is 0.884. The van der Waals surface area contributed by atoms with Crippen LogP contribution in [0.25, 0.3) is 5.65 Å². The van der Waals surface area contributed by atoms with Gasteiger partial charge in [-0.1, -0.05) is 6.92 Å². The number of anilines is 1. The highest BCUT2D eigenvalue weighted by molar-refractivity contribution is 5.50. The average molecular weight is 219 g/mol. The molecule has 0 amide bonds. The summed E-state index contributed by atoms with van der Waals surface area (Å²) in [6.45, 7) is 5.40. The van der Waals surface area contributed by atoms with Crippen molar-refractivity contribution < 1.29 is 0 Å². The Labute approximate surface area is 94.7 Å². The molecule has 5 nitrogen and oxygen atoms in total. The molecule has 2 aromatic rings. The molecule has 2 heterocycles. The van der Waals surface area contributed by atoms with Gasteiger partial charge in [0.05, 0.1) is 5.69 Å². The molecular weight excluding hydrogens is 202 g/mol. The summed E-state index contributed by atoms with van der Waals surface area (Å²) < 4.78 is 1.82. The fourth-order valence-electron chi connectivity index (χ4n) is 1.65. The molecule has 3 N–H and O–H groups in total. The molecule has 0 aliphatic carbocycles. The van der Waals surface area contributed by atoms with Gasteiger partial charge in [-0.2, -0.15) is 9.61 Å². The number of nitrogens with one attached hydrogen (secondary N) is 1. The Morgan fingerprint density at radius 1 is 1.44 bits per heavy atom. The zero-order chi connectivity index (χ0) is 11.5. The van der Waals surface area contributed by atoms with Crippen LogP contribution in [0, 0.1) is 6.92 Å². The van der Waals surface area contributed by atoms with Crippen LogP contribution in [0.4, 0.5) is 5.82 Å². The normalized spacial score (nSPS) is 10.9. The molecular formula is C11H17N5. The van der Waals surface area contributed by atoms with E-state index in [0.29, 0.717) is 6.54 Å². The summed E-state index contributed by atoms with van der Waals surface area (Å²) in [6.07, 6.45) is 0.915. The highest BCUT2D eigenvalue weighted by Gasteiger charge is 2.06. The van der Waals surface area contributed by atoms with E-state index in [-0.39, 0.29) is 0 Å². The average Bonchev–Trinajstić information content (AvgIpc) is 2.65. The van der Waals surface area contributed by atoms with Gasteiger partial charge in [0.15, 0.2) is 5.65 Å². The maximum atomic E-state index is 5.49. The maximum absolute atomic E-state index is 5.49. The Morgan fingerprint density at radius 2 is 2.25 bits per heavy atom. The molecule has 5 heteroatoms. The number of aryl methyl sites for hydroxylation is 2. The van der Waals surface area contributed by atoms with E-state index in [0.717, 1.165) is 35.8 Å². The lowest BCUT2D eigenvalue weighted by Crippen LogP contribution is -2.16. The van der Waals surface area contributed by atoms with Crippen molar-refractivity contribution in [2.24, 2.45) is 5.73 Å². The smallest absolute Gasteiger partial charge is 0.157 e. The zero-order valence-corrected chi connectivity index (χ0v) is 9.70. The molecule has 16 heavy (non-hydrogen) atoms. The Balaban J connectivity index is 2.49. The first-order valence-electron chi connectivity index (χ1n) is 5.55. The summed E-state index contributed by atoms with van der Waals surface area (Å²) in [5.74, 6) is 0.959. The van der Waals surface area contributed by atoms with Crippen LogP contribution in [0.5, 0.6) is 0 Å². The van der Waals surface area contributed by atoms with Crippen LogP contribution in [-0.4, -0.2) is 27.7 Å². The summed E-state index contributed by atoms with van der Waals surface area (Å²) in [7, 11) is 0. The maximum Gasteiger partial charge on any atom is 0.157 e. The predicted octanol–water partition coefficient (Wildman–Crippen LogP) is 0.971. The first-order valence-corrected chi connectivity index (χ1v) is 5.55. The molecule has 0 aliphatic rings. The number of fused-ring (bicyclic) bond motifs is 1. The summed E-state index contributed by atoms with van der Waals surface area (Å²) in [6, 6.07) is 4.00. The molecule has 0 unspecified atom stereocenters. The molecule has 2 aromatic heterocycles. The predicted molar refractivity (Wildman–Crippen MR) is 64.6 cm³/mol. The van der Waals surface area contributed by atoms with Crippen molar-refractivity contribution in [2.45, 2.75) is 20.3 Å². The van der Waals surface area contributed by atoms with Gasteiger partial charge in [0.2, 0.25) is 0 Å². The lowest BCUT2D eigenvalue weighted by atomic mass is 10.3. The lowest BCUT2D eigenvalue weighted by Gasteiger charge is -2.08.